The molecule has 0 spiro atoms. The molecule has 3 aromatic rings. The molecule has 2 heterocycles. The SMILES string of the molecule is NC1(C#Cc2ccc3oc(=O)c(-n4cc(C5(O)CCCCC5)nn4)cc3c2)CCCCC1. The summed E-state index contributed by atoms with van der Waals surface area (Å²) in [6.07, 6.45) is 11.3. The quantitative estimate of drug-likeness (QED) is 0.474. The van der Waals surface area contributed by atoms with Crippen LogP contribution in [0.25, 0.3) is 16.7 Å². The van der Waals surface area contributed by atoms with E-state index in [-0.39, 0.29) is 5.69 Å². The first-order chi connectivity index (χ1) is 15.4. The maximum absolute atomic E-state index is 12.6. The maximum atomic E-state index is 12.6. The molecule has 0 unspecified atom stereocenters. The summed E-state index contributed by atoms with van der Waals surface area (Å²) in [7, 11) is 0. The zero-order chi connectivity index (χ0) is 22.2. The van der Waals surface area contributed by atoms with Gasteiger partial charge in [-0.05, 0) is 49.9 Å². The lowest BCUT2D eigenvalue weighted by Crippen LogP contribution is -2.40. The summed E-state index contributed by atoms with van der Waals surface area (Å²) in [6, 6.07) is 7.23. The average Bonchev–Trinajstić information content (AvgIpc) is 3.29. The van der Waals surface area contributed by atoms with Crippen LogP contribution < -0.4 is 11.4 Å². The number of nitrogens with two attached hydrogens (primary N) is 1. The molecule has 3 N–H and O–H groups in total. The Labute approximate surface area is 186 Å². The van der Waals surface area contributed by atoms with Gasteiger partial charge < -0.3 is 15.3 Å². The highest BCUT2D eigenvalue weighted by Gasteiger charge is 2.34. The zero-order valence-corrected chi connectivity index (χ0v) is 18.1. The van der Waals surface area contributed by atoms with E-state index in [2.05, 4.69) is 22.2 Å². The standard InChI is InChI=1S/C25H28N4O3/c26-24(10-3-1-4-11-24)14-9-18-7-8-21-19(15-18)16-20(23(30)32-21)29-17-22(27-28-29)25(31)12-5-2-6-13-25/h7-8,15-17,31H,1-6,10-13,26H2. The van der Waals surface area contributed by atoms with Crippen LogP contribution in [-0.2, 0) is 5.60 Å². The lowest BCUT2D eigenvalue weighted by atomic mass is 9.83. The second-order valence-corrected chi connectivity index (χ2v) is 9.28. The minimum atomic E-state index is -0.979. The molecule has 2 fully saturated rings. The van der Waals surface area contributed by atoms with E-state index < -0.39 is 16.8 Å². The molecule has 2 saturated carbocycles. The normalized spacial score (nSPS) is 19.9. The number of hydrogen-bond acceptors (Lipinski definition) is 6. The molecule has 0 aliphatic heterocycles. The van der Waals surface area contributed by atoms with Crippen LogP contribution in [0, 0.1) is 11.8 Å². The fraction of sp³-hybridized carbons (Fsp3) is 0.480. The van der Waals surface area contributed by atoms with Gasteiger partial charge in [0.05, 0.1) is 11.7 Å². The summed E-state index contributed by atoms with van der Waals surface area (Å²) < 4.78 is 6.91. The van der Waals surface area contributed by atoms with Crippen LogP contribution in [0.4, 0.5) is 0 Å². The third-order valence-electron chi connectivity index (χ3n) is 6.81. The molecule has 32 heavy (non-hydrogen) atoms. The Balaban J connectivity index is 1.47. The second-order valence-electron chi connectivity index (χ2n) is 9.28. The van der Waals surface area contributed by atoms with Crippen molar-refractivity contribution >= 4 is 11.0 Å². The fourth-order valence-electron chi connectivity index (χ4n) is 4.84. The molecule has 2 aliphatic rings. The molecule has 2 aliphatic carbocycles. The number of rotatable bonds is 2. The number of aliphatic hydroxyl groups is 1. The minimum absolute atomic E-state index is 0.253. The zero-order valence-electron chi connectivity index (χ0n) is 18.1. The van der Waals surface area contributed by atoms with Crippen molar-refractivity contribution < 1.29 is 9.52 Å². The molecule has 0 radical (unpaired) electrons. The number of fused-ring (bicyclic) bond motifs is 1. The molecule has 1 aromatic carbocycles. The second kappa shape index (κ2) is 8.19. The van der Waals surface area contributed by atoms with Crippen molar-refractivity contribution in [3.63, 3.8) is 0 Å². The van der Waals surface area contributed by atoms with Crippen molar-refractivity contribution in [3.8, 4) is 17.5 Å². The van der Waals surface area contributed by atoms with E-state index in [4.69, 9.17) is 10.2 Å². The third kappa shape index (κ3) is 4.08. The lowest BCUT2D eigenvalue weighted by Gasteiger charge is -2.29. The van der Waals surface area contributed by atoms with Crippen molar-refractivity contribution in [1.29, 1.82) is 0 Å². The van der Waals surface area contributed by atoms with E-state index in [1.54, 1.807) is 18.3 Å². The highest BCUT2D eigenvalue weighted by Crippen LogP contribution is 2.35. The van der Waals surface area contributed by atoms with Gasteiger partial charge in [0.25, 0.3) is 0 Å². The Hall–Kier alpha value is -2.95. The van der Waals surface area contributed by atoms with Crippen LogP contribution in [0.1, 0.15) is 75.5 Å². The number of benzene rings is 1. The molecule has 0 atom stereocenters. The summed E-state index contributed by atoms with van der Waals surface area (Å²) in [4.78, 5) is 12.6. The largest absolute Gasteiger partial charge is 0.421 e. The van der Waals surface area contributed by atoms with Gasteiger partial charge in [-0.2, -0.15) is 0 Å². The Morgan fingerprint density at radius 2 is 1.75 bits per heavy atom. The highest BCUT2D eigenvalue weighted by molar-refractivity contribution is 5.80. The lowest BCUT2D eigenvalue weighted by molar-refractivity contribution is -0.00472. The van der Waals surface area contributed by atoms with Gasteiger partial charge in [-0.1, -0.05) is 55.6 Å². The van der Waals surface area contributed by atoms with Crippen LogP contribution in [0.15, 0.2) is 39.7 Å². The molecule has 7 nitrogen and oxygen atoms in total. The highest BCUT2D eigenvalue weighted by atomic mass is 16.4. The summed E-state index contributed by atoms with van der Waals surface area (Å²) >= 11 is 0. The molecular weight excluding hydrogens is 404 g/mol. The van der Waals surface area contributed by atoms with E-state index in [0.717, 1.165) is 55.9 Å². The molecule has 7 heteroatoms. The van der Waals surface area contributed by atoms with Gasteiger partial charge in [0.15, 0.2) is 5.69 Å². The van der Waals surface area contributed by atoms with Gasteiger partial charge in [0.2, 0.25) is 0 Å². The predicted molar refractivity (Wildman–Crippen MR) is 121 cm³/mol. The summed E-state index contributed by atoms with van der Waals surface area (Å²) in [5, 5.41) is 19.9. The van der Waals surface area contributed by atoms with Gasteiger partial charge in [0.1, 0.15) is 16.9 Å². The van der Waals surface area contributed by atoms with Crippen LogP contribution in [0.5, 0.6) is 0 Å². The summed E-state index contributed by atoms with van der Waals surface area (Å²) in [5.41, 5.74) is 6.59. The Morgan fingerprint density at radius 3 is 2.50 bits per heavy atom. The fourth-order valence-corrected chi connectivity index (χ4v) is 4.84. The van der Waals surface area contributed by atoms with Gasteiger partial charge in [0, 0.05) is 10.9 Å². The number of nitrogens with zero attached hydrogens (tertiary/aromatic N) is 3. The van der Waals surface area contributed by atoms with E-state index in [1.165, 1.54) is 11.1 Å². The van der Waals surface area contributed by atoms with Crippen LogP contribution in [0.2, 0.25) is 0 Å². The van der Waals surface area contributed by atoms with Crippen molar-refractivity contribution in [3.05, 3.63) is 52.1 Å². The first-order valence-electron chi connectivity index (χ1n) is 11.5. The van der Waals surface area contributed by atoms with Crippen molar-refractivity contribution in [2.24, 2.45) is 5.73 Å². The van der Waals surface area contributed by atoms with Crippen LogP contribution in [0.3, 0.4) is 0 Å². The third-order valence-corrected chi connectivity index (χ3v) is 6.81. The Morgan fingerprint density at radius 1 is 1.03 bits per heavy atom. The minimum Gasteiger partial charge on any atom is -0.421 e. The van der Waals surface area contributed by atoms with E-state index in [1.807, 2.05) is 12.1 Å². The van der Waals surface area contributed by atoms with Gasteiger partial charge in [-0.3, -0.25) is 0 Å². The molecule has 166 valence electrons. The number of aromatic nitrogens is 3. The molecule has 0 saturated heterocycles. The molecular formula is C25H28N4O3. The topological polar surface area (TPSA) is 107 Å². The van der Waals surface area contributed by atoms with Crippen molar-refractivity contribution in [2.45, 2.75) is 75.3 Å². The Kier molecular flexibility index (Phi) is 5.36. The number of hydrogen-bond donors (Lipinski definition) is 2. The van der Waals surface area contributed by atoms with E-state index >= 15 is 0 Å². The molecule has 0 amide bonds. The van der Waals surface area contributed by atoms with Crippen LogP contribution >= 0.6 is 0 Å². The van der Waals surface area contributed by atoms with Crippen molar-refractivity contribution in [1.82, 2.24) is 15.0 Å². The smallest absolute Gasteiger partial charge is 0.362 e. The van der Waals surface area contributed by atoms with E-state index in [9.17, 15) is 9.90 Å². The first-order valence-corrected chi connectivity index (χ1v) is 11.5. The van der Waals surface area contributed by atoms with Gasteiger partial charge in [-0.15, -0.1) is 5.10 Å². The summed E-state index contributed by atoms with van der Waals surface area (Å²) in [6.45, 7) is 0. The van der Waals surface area contributed by atoms with E-state index in [0.29, 0.717) is 24.1 Å². The van der Waals surface area contributed by atoms with Gasteiger partial charge >= 0.3 is 5.63 Å². The molecule has 5 rings (SSSR count). The molecule has 2 aromatic heterocycles. The first kappa shape index (κ1) is 20.9. The summed E-state index contributed by atoms with van der Waals surface area (Å²) in [5.74, 6) is 6.47. The monoisotopic (exact) mass is 432 g/mol. The van der Waals surface area contributed by atoms with Gasteiger partial charge in [-0.25, -0.2) is 9.48 Å². The maximum Gasteiger partial charge on any atom is 0.362 e. The average molecular weight is 433 g/mol. The predicted octanol–water partition coefficient (Wildman–Crippen LogP) is 3.54. The van der Waals surface area contributed by atoms with Crippen LogP contribution in [-0.4, -0.2) is 25.6 Å². The Bertz CT molecular complexity index is 1250. The molecule has 0 bridgehead atoms. The van der Waals surface area contributed by atoms with Crippen molar-refractivity contribution in [2.75, 3.05) is 0 Å².